The number of sulfonamides is 1. The van der Waals surface area contributed by atoms with Crippen molar-refractivity contribution in [3.05, 3.63) is 23.8 Å². The highest BCUT2D eigenvalue weighted by Gasteiger charge is 2.24. The van der Waals surface area contributed by atoms with Crippen molar-refractivity contribution in [1.82, 2.24) is 10.6 Å². The lowest BCUT2D eigenvalue weighted by Gasteiger charge is -2.30. The molecule has 0 saturated carbocycles. The third kappa shape index (κ3) is 5.71. The highest BCUT2D eigenvalue weighted by Crippen LogP contribution is 2.23. The van der Waals surface area contributed by atoms with Crippen molar-refractivity contribution in [2.45, 2.75) is 26.3 Å². The van der Waals surface area contributed by atoms with Gasteiger partial charge in [-0.05, 0) is 43.6 Å². The first-order chi connectivity index (χ1) is 11.7. The standard InChI is InChI=1S/C16H24N4O4S/c1-10-9-17-7-6-14(10)19-16(22)13-8-12(18-11(2)21)4-5-15(13)20-25(3,23)24/h4-5,8,10,14,17,20H,6-7,9H2,1-3H3,(H,18,21)(H,19,22). The number of carbonyl (C=O) groups is 2. The van der Waals surface area contributed by atoms with Gasteiger partial charge >= 0.3 is 0 Å². The third-order valence-corrected chi connectivity index (χ3v) is 4.57. The van der Waals surface area contributed by atoms with Crippen LogP contribution >= 0.6 is 0 Å². The van der Waals surface area contributed by atoms with Crippen LogP contribution in [-0.2, 0) is 14.8 Å². The second kappa shape index (κ2) is 7.83. The Kier molecular flexibility index (Phi) is 6.02. The van der Waals surface area contributed by atoms with Gasteiger partial charge in [-0.3, -0.25) is 14.3 Å². The molecule has 8 nitrogen and oxygen atoms in total. The molecule has 1 aliphatic rings. The lowest BCUT2D eigenvalue weighted by molar-refractivity contribution is -0.114. The highest BCUT2D eigenvalue weighted by atomic mass is 32.2. The number of nitrogens with one attached hydrogen (secondary N) is 4. The maximum absolute atomic E-state index is 12.7. The van der Waals surface area contributed by atoms with E-state index in [9.17, 15) is 18.0 Å². The van der Waals surface area contributed by atoms with Crippen LogP contribution in [-0.4, -0.2) is 45.6 Å². The smallest absolute Gasteiger partial charge is 0.253 e. The molecule has 1 fully saturated rings. The minimum Gasteiger partial charge on any atom is -0.349 e. The molecule has 2 amide bonds. The second-order valence-electron chi connectivity index (χ2n) is 6.37. The minimum absolute atomic E-state index is 0.00394. The number of amides is 2. The van der Waals surface area contributed by atoms with Gasteiger partial charge in [0, 0.05) is 18.7 Å². The molecule has 138 valence electrons. The molecule has 1 saturated heterocycles. The van der Waals surface area contributed by atoms with Crippen molar-refractivity contribution >= 4 is 33.2 Å². The van der Waals surface area contributed by atoms with E-state index in [0.717, 1.165) is 25.8 Å². The van der Waals surface area contributed by atoms with Crippen molar-refractivity contribution in [2.75, 3.05) is 29.4 Å². The maximum Gasteiger partial charge on any atom is 0.253 e. The lowest BCUT2D eigenvalue weighted by atomic mass is 9.95. The summed E-state index contributed by atoms with van der Waals surface area (Å²) in [7, 11) is -3.54. The first-order valence-corrected chi connectivity index (χ1v) is 9.96. The van der Waals surface area contributed by atoms with Crippen LogP contribution in [0.5, 0.6) is 0 Å². The first-order valence-electron chi connectivity index (χ1n) is 8.06. The summed E-state index contributed by atoms with van der Waals surface area (Å²) in [5.41, 5.74) is 0.771. The quantitative estimate of drug-likeness (QED) is 0.612. The van der Waals surface area contributed by atoms with Crippen molar-refractivity contribution in [1.29, 1.82) is 0 Å². The predicted octanol–water partition coefficient (Wildman–Crippen LogP) is 0.744. The van der Waals surface area contributed by atoms with E-state index in [1.807, 2.05) is 6.92 Å². The summed E-state index contributed by atoms with van der Waals surface area (Å²) < 4.78 is 25.5. The van der Waals surface area contributed by atoms with E-state index in [1.165, 1.54) is 19.1 Å². The molecule has 1 heterocycles. The van der Waals surface area contributed by atoms with Gasteiger partial charge in [0.25, 0.3) is 5.91 Å². The number of carbonyl (C=O) groups excluding carboxylic acids is 2. The number of benzene rings is 1. The fourth-order valence-electron chi connectivity index (χ4n) is 2.78. The van der Waals surface area contributed by atoms with Crippen LogP contribution in [0.3, 0.4) is 0 Å². The molecule has 1 aromatic rings. The van der Waals surface area contributed by atoms with Crippen molar-refractivity contribution in [3.8, 4) is 0 Å². The van der Waals surface area contributed by atoms with Gasteiger partial charge in [0.1, 0.15) is 0 Å². The summed E-state index contributed by atoms with van der Waals surface area (Å²) in [6, 6.07) is 4.48. The zero-order valence-electron chi connectivity index (χ0n) is 14.5. The first kappa shape index (κ1) is 19.2. The number of piperidine rings is 1. The Morgan fingerprint density at radius 3 is 2.60 bits per heavy atom. The van der Waals surface area contributed by atoms with Crippen molar-refractivity contribution < 1.29 is 18.0 Å². The molecular weight excluding hydrogens is 344 g/mol. The number of rotatable bonds is 5. The Hall–Kier alpha value is -2.13. The number of hydrogen-bond acceptors (Lipinski definition) is 5. The third-order valence-electron chi connectivity index (χ3n) is 3.98. The van der Waals surface area contributed by atoms with E-state index < -0.39 is 10.0 Å². The van der Waals surface area contributed by atoms with Gasteiger partial charge in [-0.1, -0.05) is 6.92 Å². The van der Waals surface area contributed by atoms with Gasteiger partial charge in [-0.25, -0.2) is 8.42 Å². The maximum atomic E-state index is 12.7. The lowest BCUT2D eigenvalue weighted by Crippen LogP contribution is -2.48. The number of hydrogen-bond donors (Lipinski definition) is 4. The summed E-state index contributed by atoms with van der Waals surface area (Å²) in [4.78, 5) is 24.0. The fraction of sp³-hybridized carbons (Fsp3) is 0.500. The fourth-order valence-corrected chi connectivity index (χ4v) is 3.35. The zero-order chi connectivity index (χ0) is 18.6. The van der Waals surface area contributed by atoms with E-state index in [0.29, 0.717) is 5.69 Å². The normalized spacial score (nSPS) is 20.6. The Bertz CT molecular complexity index is 763. The van der Waals surface area contributed by atoms with Gasteiger partial charge in [-0.15, -0.1) is 0 Å². The monoisotopic (exact) mass is 368 g/mol. The van der Waals surface area contributed by atoms with E-state index >= 15 is 0 Å². The largest absolute Gasteiger partial charge is 0.349 e. The molecular formula is C16H24N4O4S. The minimum atomic E-state index is -3.54. The van der Waals surface area contributed by atoms with Gasteiger partial charge < -0.3 is 16.0 Å². The Morgan fingerprint density at radius 2 is 2.00 bits per heavy atom. The van der Waals surface area contributed by atoms with Gasteiger partial charge in [0.05, 0.1) is 17.5 Å². The average molecular weight is 368 g/mol. The topological polar surface area (TPSA) is 116 Å². The van der Waals surface area contributed by atoms with Crippen LogP contribution in [0.2, 0.25) is 0 Å². The van der Waals surface area contributed by atoms with Crippen LogP contribution < -0.4 is 20.7 Å². The molecule has 0 bridgehead atoms. The molecule has 2 atom stereocenters. The van der Waals surface area contributed by atoms with E-state index in [1.54, 1.807) is 6.07 Å². The van der Waals surface area contributed by atoms with Crippen LogP contribution in [0.1, 0.15) is 30.6 Å². The summed E-state index contributed by atoms with van der Waals surface area (Å²) in [5, 5.41) is 8.82. The SMILES string of the molecule is CC(=O)Nc1ccc(NS(C)(=O)=O)c(C(=O)NC2CCNCC2C)c1. The Labute approximate surface area is 147 Å². The summed E-state index contributed by atoms with van der Waals surface area (Å²) >= 11 is 0. The van der Waals surface area contributed by atoms with E-state index in [2.05, 4.69) is 20.7 Å². The van der Waals surface area contributed by atoms with Gasteiger partial charge in [-0.2, -0.15) is 0 Å². The summed E-state index contributed by atoms with van der Waals surface area (Å²) in [6.45, 7) is 5.03. The van der Waals surface area contributed by atoms with Gasteiger partial charge in [0.15, 0.2) is 0 Å². The summed E-state index contributed by atoms with van der Waals surface area (Å²) in [6.07, 6.45) is 1.82. The number of anilines is 2. The second-order valence-corrected chi connectivity index (χ2v) is 8.11. The average Bonchev–Trinajstić information content (AvgIpc) is 2.49. The van der Waals surface area contributed by atoms with Crippen LogP contribution in [0.25, 0.3) is 0 Å². The molecule has 1 aromatic carbocycles. The van der Waals surface area contributed by atoms with Crippen LogP contribution in [0, 0.1) is 5.92 Å². The molecule has 9 heteroatoms. The van der Waals surface area contributed by atoms with Crippen molar-refractivity contribution in [3.63, 3.8) is 0 Å². The zero-order valence-corrected chi connectivity index (χ0v) is 15.4. The van der Waals surface area contributed by atoms with Gasteiger partial charge in [0.2, 0.25) is 15.9 Å². The van der Waals surface area contributed by atoms with E-state index in [4.69, 9.17) is 0 Å². The van der Waals surface area contributed by atoms with Crippen molar-refractivity contribution in [2.24, 2.45) is 5.92 Å². The molecule has 2 unspecified atom stereocenters. The Balaban J connectivity index is 2.29. The Morgan fingerprint density at radius 1 is 1.28 bits per heavy atom. The summed E-state index contributed by atoms with van der Waals surface area (Å²) in [5.74, 6) is -0.387. The van der Waals surface area contributed by atoms with Crippen LogP contribution in [0.15, 0.2) is 18.2 Å². The predicted molar refractivity (Wildman–Crippen MR) is 97.1 cm³/mol. The molecule has 25 heavy (non-hydrogen) atoms. The highest BCUT2D eigenvalue weighted by molar-refractivity contribution is 7.92. The van der Waals surface area contributed by atoms with E-state index in [-0.39, 0.29) is 35.0 Å². The molecule has 0 aliphatic carbocycles. The van der Waals surface area contributed by atoms with Crippen LogP contribution in [0.4, 0.5) is 11.4 Å². The molecule has 0 aromatic heterocycles. The molecule has 4 N–H and O–H groups in total. The molecule has 1 aliphatic heterocycles. The molecule has 0 spiro atoms. The molecule has 0 radical (unpaired) electrons. The molecule has 2 rings (SSSR count).